The number of para-hydroxylation sites is 1. The standard InChI is InChI=1S/C17H25NO4/c1-3-14(13-9-5-6-10-15(13)22-4-2)18-16(19)11-7-8-12-17(20)21/h5-6,9-10,14H,3-4,7-8,11-12H2,1-2H3,(H,18,19)(H,20,21). The van der Waals surface area contributed by atoms with Gasteiger partial charge in [-0.15, -0.1) is 0 Å². The van der Waals surface area contributed by atoms with Gasteiger partial charge in [-0.05, 0) is 32.3 Å². The van der Waals surface area contributed by atoms with E-state index in [-0.39, 0.29) is 18.4 Å². The minimum Gasteiger partial charge on any atom is -0.494 e. The Bertz CT molecular complexity index is 487. The maximum atomic E-state index is 12.0. The van der Waals surface area contributed by atoms with Crippen molar-refractivity contribution in [2.75, 3.05) is 6.61 Å². The first-order valence-electron chi connectivity index (χ1n) is 7.81. The molecular formula is C17H25NO4. The molecule has 0 aromatic heterocycles. The van der Waals surface area contributed by atoms with Crippen LogP contribution in [0.2, 0.25) is 0 Å². The molecule has 22 heavy (non-hydrogen) atoms. The van der Waals surface area contributed by atoms with Crippen LogP contribution in [0, 0.1) is 0 Å². The number of hydrogen-bond donors (Lipinski definition) is 2. The highest BCUT2D eigenvalue weighted by Gasteiger charge is 2.16. The predicted octanol–water partition coefficient (Wildman–Crippen LogP) is 3.30. The Balaban J connectivity index is 2.57. The lowest BCUT2D eigenvalue weighted by Crippen LogP contribution is -2.28. The zero-order chi connectivity index (χ0) is 16.4. The van der Waals surface area contributed by atoms with Crippen molar-refractivity contribution in [2.24, 2.45) is 0 Å². The maximum absolute atomic E-state index is 12.0. The van der Waals surface area contributed by atoms with E-state index >= 15 is 0 Å². The molecule has 0 saturated heterocycles. The second-order valence-electron chi connectivity index (χ2n) is 5.10. The van der Waals surface area contributed by atoms with E-state index in [1.54, 1.807) is 0 Å². The van der Waals surface area contributed by atoms with E-state index in [1.807, 2.05) is 38.1 Å². The number of carboxylic acids is 1. The first kappa shape index (κ1) is 18.0. The van der Waals surface area contributed by atoms with E-state index < -0.39 is 5.97 Å². The van der Waals surface area contributed by atoms with E-state index in [9.17, 15) is 9.59 Å². The van der Waals surface area contributed by atoms with Gasteiger partial charge < -0.3 is 15.2 Å². The molecule has 0 spiro atoms. The summed E-state index contributed by atoms with van der Waals surface area (Å²) in [5.74, 6) is -0.0796. The summed E-state index contributed by atoms with van der Waals surface area (Å²) in [6.07, 6.45) is 2.33. The number of benzene rings is 1. The number of carboxylic acid groups (broad SMARTS) is 1. The average molecular weight is 307 g/mol. The molecule has 0 aliphatic carbocycles. The van der Waals surface area contributed by atoms with Crippen LogP contribution in [0.5, 0.6) is 5.75 Å². The number of nitrogens with one attached hydrogen (secondary N) is 1. The summed E-state index contributed by atoms with van der Waals surface area (Å²) in [4.78, 5) is 22.4. The lowest BCUT2D eigenvalue weighted by molar-refractivity contribution is -0.137. The second-order valence-corrected chi connectivity index (χ2v) is 5.10. The van der Waals surface area contributed by atoms with Crippen LogP contribution in [0.3, 0.4) is 0 Å². The van der Waals surface area contributed by atoms with Crippen LogP contribution in [0.25, 0.3) is 0 Å². The van der Waals surface area contributed by atoms with E-state index in [0.29, 0.717) is 25.9 Å². The van der Waals surface area contributed by atoms with Crippen molar-refractivity contribution < 1.29 is 19.4 Å². The molecule has 0 saturated carbocycles. The van der Waals surface area contributed by atoms with Crippen LogP contribution >= 0.6 is 0 Å². The third kappa shape index (κ3) is 6.16. The zero-order valence-electron chi connectivity index (χ0n) is 13.3. The fraction of sp³-hybridized carbons (Fsp3) is 0.529. The molecular weight excluding hydrogens is 282 g/mol. The monoisotopic (exact) mass is 307 g/mol. The zero-order valence-corrected chi connectivity index (χ0v) is 13.3. The van der Waals surface area contributed by atoms with Gasteiger partial charge in [0, 0.05) is 18.4 Å². The summed E-state index contributed by atoms with van der Waals surface area (Å²) >= 11 is 0. The molecule has 0 bridgehead atoms. The van der Waals surface area contributed by atoms with Crippen molar-refractivity contribution in [3.05, 3.63) is 29.8 Å². The number of ether oxygens (including phenoxy) is 1. The number of amides is 1. The molecule has 1 amide bonds. The Morgan fingerprint density at radius 3 is 2.50 bits per heavy atom. The molecule has 122 valence electrons. The second kappa shape index (κ2) is 9.82. The van der Waals surface area contributed by atoms with Crippen LogP contribution in [-0.4, -0.2) is 23.6 Å². The van der Waals surface area contributed by atoms with Crippen molar-refractivity contribution in [2.45, 2.75) is 52.0 Å². The van der Waals surface area contributed by atoms with Gasteiger partial charge in [0.25, 0.3) is 0 Å². The summed E-state index contributed by atoms with van der Waals surface area (Å²) in [6, 6.07) is 7.62. The number of hydrogen-bond acceptors (Lipinski definition) is 3. The molecule has 1 unspecified atom stereocenters. The molecule has 0 aliphatic rings. The average Bonchev–Trinajstić information content (AvgIpc) is 2.50. The minimum absolute atomic E-state index is 0.0523. The fourth-order valence-electron chi connectivity index (χ4n) is 2.28. The Labute approximate surface area is 131 Å². The van der Waals surface area contributed by atoms with Gasteiger partial charge in [-0.1, -0.05) is 25.1 Å². The van der Waals surface area contributed by atoms with Crippen molar-refractivity contribution >= 4 is 11.9 Å². The van der Waals surface area contributed by atoms with Gasteiger partial charge in [-0.2, -0.15) is 0 Å². The van der Waals surface area contributed by atoms with Crippen molar-refractivity contribution in [1.29, 1.82) is 0 Å². The number of carbonyl (C=O) groups is 2. The van der Waals surface area contributed by atoms with Gasteiger partial charge in [0.2, 0.25) is 5.91 Å². The summed E-state index contributed by atoms with van der Waals surface area (Å²) in [5.41, 5.74) is 0.978. The molecule has 5 nitrogen and oxygen atoms in total. The summed E-state index contributed by atoms with van der Waals surface area (Å²) < 4.78 is 5.61. The quantitative estimate of drug-likeness (QED) is 0.650. The highest BCUT2D eigenvalue weighted by atomic mass is 16.5. The Kier molecular flexibility index (Phi) is 8.04. The SMILES string of the molecule is CCOc1ccccc1C(CC)NC(=O)CCCCC(=O)O. The number of carbonyl (C=O) groups excluding carboxylic acids is 1. The molecule has 0 heterocycles. The Morgan fingerprint density at radius 2 is 1.86 bits per heavy atom. The highest BCUT2D eigenvalue weighted by molar-refractivity contribution is 5.76. The summed E-state index contributed by atoms with van der Waals surface area (Å²) in [7, 11) is 0. The van der Waals surface area contributed by atoms with Gasteiger partial charge >= 0.3 is 5.97 Å². The predicted molar refractivity (Wildman–Crippen MR) is 84.9 cm³/mol. The third-order valence-corrected chi connectivity index (χ3v) is 3.38. The largest absolute Gasteiger partial charge is 0.494 e. The molecule has 1 rings (SSSR count). The molecule has 1 atom stereocenters. The molecule has 0 aliphatic heterocycles. The van der Waals surface area contributed by atoms with Crippen molar-refractivity contribution in [1.82, 2.24) is 5.32 Å². The third-order valence-electron chi connectivity index (χ3n) is 3.38. The lowest BCUT2D eigenvalue weighted by atomic mass is 10.0. The molecule has 0 radical (unpaired) electrons. The van der Waals surface area contributed by atoms with E-state index in [2.05, 4.69) is 5.32 Å². The van der Waals surface area contributed by atoms with Gasteiger partial charge in [-0.3, -0.25) is 9.59 Å². The molecule has 1 aromatic rings. The van der Waals surface area contributed by atoms with E-state index in [0.717, 1.165) is 17.7 Å². The molecule has 0 fully saturated rings. The summed E-state index contributed by atoms with van der Waals surface area (Å²) in [5, 5.41) is 11.6. The normalized spacial score (nSPS) is 11.7. The first-order chi connectivity index (χ1) is 10.6. The van der Waals surface area contributed by atoms with Gasteiger partial charge in [0.05, 0.1) is 12.6 Å². The first-order valence-corrected chi connectivity index (χ1v) is 7.81. The number of unbranched alkanes of at least 4 members (excludes halogenated alkanes) is 1. The maximum Gasteiger partial charge on any atom is 0.303 e. The van der Waals surface area contributed by atoms with Crippen LogP contribution < -0.4 is 10.1 Å². The molecule has 5 heteroatoms. The molecule has 1 aromatic carbocycles. The van der Waals surface area contributed by atoms with Crippen LogP contribution in [0.15, 0.2) is 24.3 Å². The Morgan fingerprint density at radius 1 is 1.18 bits per heavy atom. The smallest absolute Gasteiger partial charge is 0.303 e. The minimum atomic E-state index is -0.822. The van der Waals surface area contributed by atoms with Gasteiger partial charge in [0.15, 0.2) is 0 Å². The highest BCUT2D eigenvalue weighted by Crippen LogP contribution is 2.27. The van der Waals surface area contributed by atoms with Gasteiger partial charge in [0.1, 0.15) is 5.75 Å². The van der Waals surface area contributed by atoms with Gasteiger partial charge in [-0.25, -0.2) is 0 Å². The lowest BCUT2D eigenvalue weighted by Gasteiger charge is -2.20. The van der Waals surface area contributed by atoms with Crippen LogP contribution in [0.4, 0.5) is 0 Å². The van der Waals surface area contributed by atoms with E-state index in [1.165, 1.54) is 0 Å². The topological polar surface area (TPSA) is 75.6 Å². The van der Waals surface area contributed by atoms with E-state index in [4.69, 9.17) is 9.84 Å². The Hall–Kier alpha value is -2.04. The number of aliphatic carboxylic acids is 1. The van der Waals surface area contributed by atoms with Crippen LogP contribution in [0.1, 0.15) is 57.6 Å². The fourth-order valence-corrected chi connectivity index (χ4v) is 2.28. The van der Waals surface area contributed by atoms with Crippen molar-refractivity contribution in [3.63, 3.8) is 0 Å². The molecule has 2 N–H and O–H groups in total. The summed E-state index contributed by atoms with van der Waals surface area (Å²) in [6.45, 7) is 4.52. The number of rotatable bonds is 10. The van der Waals surface area contributed by atoms with Crippen molar-refractivity contribution in [3.8, 4) is 5.75 Å². The van der Waals surface area contributed by atoms with Crippen LogP contribution in [-0.2, 0) is 9.59 Å².